The van der Waals surface area contributed by atoms with Crippen LogP contribution in [0.25, 0.3) is 0 Å². The highest BCUT2D eigenvalue weighted by Gasteiger charge is 2.14. The lowest BCUT2D eigenvalue weighted by Crippen LogP contribution is -2.19. The van der Waals surface area contributed by atoms with Crippen molar-refractivity contribution in [1.82, 2.24) is 5.43 Å². The lowest BCUT2D eigenvalue weighted by molar-refractivity contribution is -0.120. The molecule has 0 fully saturated rings. The van der Waals surface area contributed by atoms with Gasteiger partial charge in [0.2, 0.25) is 12.7 Å². The summed E-state index contributed by atoms with van der Waals surface area (Å²) in [4.78, 5) is 14.0. The molecule has 0 saturated heterocycles. The molecule has 3 rings (SSSR count). The molecule has 6 nitrogen and oxygen atoms in total. The van der Waals surface area contributed by atoms with Gasteiger partial charge in [0.1, 0.15) is 0 Å². The van der Waals surface area contributed by atoms with Crippen molar-refractivity contribution >= 4 is 33.7 Å². The first-order valence-electron chi connectivity index (χ1n) is 7.70. The molecular weight excluding hydrogens is 386 g/mol. The van der Waals surface area contributed by atoms with Crippen molar-refractivity contribution in [2.45, 2.75) is 6.42 Å². The largest absolute Gasteiger partial charge is 0.454 e. The highest BCUT2D eigenvalue weighted by atomic mass is 79.9. The molecular formula is C18H18BrN3O3. The van der Waals surface area contributed by atoms with Crippen molar-refractivity contribution < 1.29 is 14.3 Å². The van der Waals surface area contributed by atoms with Gasteiger partial charge in [0.05, 0.1) is 18.3 Å². The number of anilines is 1. The normalized spacial score (nSPS) is 12.4. The minimum absolute atomic E-state index is 0.195. The van der Waals surface area contributed by atoms with Crippen molar-refractivity contribution in [2.24, 2.45) is 5.10 Å². The van der Waals surface area contributed by atoms with E-state index in [-0.39, 0.29) is 19.1 Å². The number of amides is 1. The number of carbonyl (C=O) groups excluding carboxylic acids is 1. The monoisotopic (exact) mass is 403 g/mol. The Morgan fingerprint density at radius 2 is 2.04 bits per heavy atom. The molecule has 0 aromatic heterocycles. The van der Waals surface area contributed by atoms with Crippen LogP contribution in [0.3, 0.4) is 0 Å². The number of hydrogen-bond acceptors (Lipinski definition) is 5. The molecule has 0 aliphatic carbocycles. The first-order valence-corrected chi connectivity index (χ1v) is 8.49. The molecule has 0 spiro atoms. The first kappa shape index (κ1) is 17.3. The number of nitrogens with zero attached hydrogens (tertiary/aromatic N) is 2. The summed E-state index contributed by atoms with van der Waals surface area (Å²) in [7, 11) is 3.95. The van der Waals surface area contributed by atoms with E-state index in [0.717, 1.165) is 21.3 Å². The number of benzene rings is 2. The highest BCUT2D eigenvalue weighted by Crippen LogP contribution is 2.32. The van der Waals surface area contributed by atoms with E-state index in [0.29, 0.717) is 11.5 Å². The van der Waals surface area contributed by atoms with E-state index in [2.05, 4.69) is 26.5 Å². The van der Waals surface area contributed by atoms with Gasteiger partial charge in [0.25, 0.3) is 0 Å². The van der Waals surface area contributed by atoms with Crippen LogP contribution in [0.5, 0.6) is 11.5 Å². The van der Waals surface area contributed by atoms with Gasteiger partial charge in [-0.05, 0) is 51.3 Å². The summed E-state index contributed by atoms with van der Waals surface area (Å²) in [6.07, 6.45) is 1.83. The van der Waals surface area contributed by atoms with Gasteiger partial charge in [0.15, 0.2) is 11.5 Å². The molecule has 7 heteroatoms. The van der Waals surface area contributed by atoms with Crippen molar-refractivity contribution in [1.29, 1.82) is 0 Å². The number of fused-ring (bicyclic) bond motifs is 1. The van der Waals surface area contributed by atoms with Crippen molar-refractivity contribution in [2.75, 3.05) is 25.8 Å². The van der Waals surface area contributed by atoms with E-state index in [1.807, 2.05) is 49.3 Å². The average Bonchev–Trinajstić information content (AvgIpc) is 3.02. The SMILES string of the molecule is CN(C)c1ccc(C=NNC(=O)Cc2ccc3c(c2)OCO3)cc1Br. The van der Waals surface area contributed by atoms with E-state index in [9.17, 15) is 4.79 Å². The number of carbonyl (C=O) groups is 1. The first-order chi connectivity index (χ1) is 12.0. The molecule has 2 aromatic carbocycles. The third-order valence-electron chi connectivity index (χ3n) is 3.66. The minimum atomic E-state index is -0.195. The second-order valence-corrected chi connectivity index (χ2v) is 6.62. The average molecular weight is 404 g/mol. The Morgan fingerprint density at radius 3 is 2.80 bits per heavy atom. The van der Waals surface area contributed by atoms with Crippen LogP contribution < -0.4 is 19.8 Å². The molecule has 1 N–H and O–H groups in total. The zero-order valence-electron chi connectivity index (χ0n) is 14.0. The van der Waals surface area contributed by atoms with E-state index in [1.165, 1.54) is 0 Å². The molecule has 0 radical (unpaired) electrons. The summed E-state index contributed by atoms with van der Waals surface area (Å²) in [5.74, 6) is 1.17. The molecule has 0 atom stereocenters. The molecule has 0 unspecified atom stereocenters. The summed E-state index contributed by atoms with van der Waals surface area (Å²) in [5.41, 5.74) is 5.34. The maximum Gasteiger partial charge on any atom is 0.244 e. The Bertz CT molecular complexity index is 821. The topological polar surface area (TPSA) is 63.2 Å². The number of nitrogens with one attached hydrogen (secondary N) is 1. The van der Waals surface area contributed by atoms with Gasteiger partial charge in [-0.15, -0.1) is 0 Å². The molecule has 25 heavy (non-hydrogen) atoms. The number of rotatable bonds is 5. The summed E-state index contributed by atoms with van der Waals surface area (Å²) in [6.45, 7) is 0.220. The zero-order valence-corrected chi connectivity index (χ0v) is 15.5. The summed E-state index contributed by atoms with van der Waals surface area (Å²) in [5, 5.41) is 4.01. The minimum Gasteiger partial charge on any atom is -0.454 e. The number of ether oxygens (including phenoxy) is 2. The maximum atomic E-state index is 12.0. The standard InChI is InChI=1S/C18H18BrN3O3/c1-22(2)15-5-3-13(7-14(15)19)10-20-21-18(23)9-12-4-6-16-17(8-12)25-11-24-16/h3-8,10H,9,11H2,1-2H3,(H,21,23). The van der Waals surface area contributed by atoms with Crippen LogP contribution in [-0.2, 0) is 11.2 Å². The van der Waals surface area contributed by atoms with E-state index in [1.54, 1.807) is 12.3 Å². The molecule has 1 aliphatic rings. The van der Waals surface area contributed by atoms with Crippen LogP contribution in [0.2, 0.25) is 0 Å². The second-order valence-electron chi connectivity index (χ2n) is 5.76. The Labute approximate surface area is 154 Å². The van der Waals surface area contributed by atoms with Crippen LogP contribution >= 0.6 is 15.9 Å². The number of hydrogen-bond donors (Lipinski definition) is 1. The molecule has 1 heterocycles. The van der Waals surface area contributed by atoms with E-state index in [4.69, 9.17) is 9.47 Å². The Kier molecular flexibility index (Phi) is 5.23. The fraction of sp³-hybridized carbons (Fsp3) is 0.222. The zero-order chi connectivity index (χ0) is 17.8. The van der Waals surface area contributed by atoms with E-state index >= 15 is 0 Å². The number of halogens is 1. The van der Waals surface area contributed by atoms with Gasteiger partial charge >= 0.3 is 0 Å². The predicted octanol–water partition coefficient (Wildman–Crippen LogP) is 2.94. The van der Waals surface area contributed by atoms with Gasteiger partial charge in [-0.1, -0.05) is 12.1 Å². The van der Waals surface area contributed by atoms with Gasteiger partial charge in [-0.3, -0.25) is 4.79 Å². The van der Waals surface area contributed by atoms with Gasteiger partial charge in [-0.2, -0.15) is 5.10 Å². The fourth-order valence-corrected chi connectivity index (χ4v) is 3.17. The lowest BCUT2D eigenvalue weighted by Gasteiger charge is -2.14. The van der Waals surface area contributed by atoms with E-state index < -0.39 is 0 Å². The Hall–Kier alpha value is -2.54. The maximum absolute atomic E-state index is 12.0. The third-order valence-corrected chi connectivity index (χ3v) is 4.29. The molecule has 2 aromatic rings. The summed E-state index contributed by atoms with van der Waals surface area (Å²) in [6, 6.07) is 11.3. The molecule has 1 aliphatic heterocycles. The fourth-order valence-electron chi connectivity index (χ4n) is 2.42. The van der Waals surface area contributed by atoms with Crippen LogP contribution in [0.4, 0.5) is 5.69 Å². The van der Waals surface area contributed by atoms with Crippen LogP contribution in [-0.4, -0.2) is 33.0 Å². The molecule has 0 saturated carbocycles. The van der Waals surface area contributed by atoms with Gasteiger partial charge in [0, 0.05) is 18.6 Å². The Morgan fingerprint density at radius 1 is 1.24 bits per heavy atom. The van der Waals surface area contributed by atoms with Gasteiger partial charge in [-0.25, -0.2) is 5.43 Å². The second kappa shape index (κ2) is 7.57. The highest BCUT2D eigenvalue weighted by molar-refractivity contribution is 9.10. The van der Waals surface area contributed by atoms with Crippen LogP contribution in [0.15, 0.2) is 46.0 Å². The molecule has 1 amide bonds. The molecule has 130 valence electrons. The van der Waals surface area contributed by atoms with Crippen LogP contribution in [0, 0.1) is 0 Å². The van der Waals surface area contributed by atoms with Gasteiger partial charge < -0.3 is 14.4 Å². The smallest absolute Gasteiger partial charge is 0.244 e. The van der Waals surface area contributed by atoms with Crippen LogP contribution in [0.1, 0.15) is 11.1 Å². The van der Waals surface area contributed by atoms with Crippen molar-refractivity contribution in [3.05, 3.63) is 52.0 Å². The third kappa shape index (κ3) is 4.30. The quantitative estimate of drug-likeness (QED) is 0.615. The number of hydrazone groups is 1. The summed E-state index contributed by atoms with van der Waals surface area (Å²) < 4.78 is 11.5. The van der Waals surface area contributed by atoms with Crippen molar-refractivity contribution in [3.8, 4) is 11.5 Å². The van der Waals surface area contributed by atoms with Crippen molar-refractivity contribution in [3.63, 3.8) is 0 Å². The Balaban J connectivity index is 1.57. The molecule has 0 bridgehead atoms. The predicted molar refractivity (Wildman–Crippen MR) is 100 cm³/mol. The lowest BCUT2D eigenvalue weighted by atomic mass is 10.1. The summed E-state index contributed by atoms with van der Waals surface area (Å²) >= 11 is 3.52.